The first-order chi connectivity index (χ1) is 8.89. The van der Waals surface area contributed by atoms with Crippen LogP contribution in [0.1, 0.15) is 66.7 Å². The molecule has 1 saturated carbocycles. The molecule has 1 saturated heterocycles. The Balaban J connectivity index is 2.22. The molecule has 1 N–H and O–H groups in total. The monoisotopic (exact) mass is 266 g/mol. The zero-order valence-corrected chi connectivity index (χ0v) is 13.2. The minimum atomic E-state index is -0.352. The van der Waals surface area contributed by atoms with Crippen molar-refractivity contribution in [2.24, 2.45) is 11.8 Å². The first-order valence-corrected chi connectivity index (χ1v) is 7.99. The van der Waals surface area contributed by atoms with Crippen LogP contribution in [0.5, 0.6) is 0 Å². The Hall–Kier alpha value is -0.570. The van der Waals surface area contributed by atoms with E-state index in [1.54, 1.807) is 0 Å². The molecule has 0 aromatic rings. The van der Waals surface area contributed by atoms with Gasteiger partial charge in [0.25, 0.3) is 0 Å². The van der Waals surface area contributed by atoms with Gasteiger partial charge in [0, 0.05) is 6.04 Å². The molecule has 4 unspecified atom stereocenters. The maximum Gasteiger partial charge on any atom is 0.244 e. The summed E-state index contributed by atoms with van der Waals surface area (Å²) in [6.45, 7) is 10.9. The molecule has 1 heterocycles. The van der Waals surface area contributed by atoms with Crippen LogP contribution in [0.25, 0.3) is 0 Å². The minimum Gasteiger partial charge on any atom is -0.322 e. The van der Waals surface area contributed by atoms with Crippen LogP contribution in [0.15, 0.2) is 0 Å². The van der Waals surface area contributed by atoms with E-state index in [1.807, 2.05) is 0 Å². The van der Waals surface area contributed by atoms with Crippen molar-refractivity contribution in [2.45, 2.75) is 84.5 Å². The lowest BCUT2D eigenvalue weighted by Crippen LogP contribution is -2.48. The van der Waals surface area contributed by atoms with Crippen molar-refractivity contribution in [3.05, 3.63) is 0 Å². The van der Waals surface area contributed by atoms with Crippen LogP contribution in [0.4, 0.5) is 0 Å². The lowest BCUT2D eigenvalue weighted by Gasteiger charge is -2.38. The van der Waals surface area contributed by atoms with Gasteiger partial charge in [-0.25, -0.2) is 0 Å². The Morgan fingerprint density at radius 1 is 1.42 bits per heavy atom. The third kappa shape index (κ3) is 2.67. The predicted octanol–water partition coefficient (Wildman–Crippen LogP) is 3.15. The lowest BCUT2D eigenvalue weighted by atomic mass is 9.85. The summed E-state index contributed by atoms with van der Waals surface area (Å²) in [7, 11) is 0. The fourth-order valence-corrected chi connectivity index (χ4v) is 3.66. The third-order valence-corrected chi connectivity index (χ3v) is 5.11. The molecule has 1 amide bonds. The van der Waals surface area contributed by atoms with Gasteiger partial charge in [-0.3, -0.25) is 10.1 Å². The van der Waals surface area contributed by atoms with E-state index < -0.39 is 0 Å². The van der Waals surface area contributed by atoms with Gasteiger partial charge >= 0.3 is 0 Å². The highest BCUT2D eigenvalue weighted by molar-refractivity contribution is 5.88. The molecular weight excluding hydrogens is 236 g/mol. The molecule has 110 valence electrons. The highest BCUT2D eigenvalue weighted by Gasteiger charge is 2.50. The SMILES string of the molecule is CCC1(C)NC(C(C)C)N(C2CCCC(C)C2)C1=O. The topological polar surface area (TPSA) is 32.3 Å². The average molecular weight is 266 g/mol. The maximum absolute atomic E-state index is 12.8. The second-order valence-corrected chi connectivity index (χ2v) is 7.16. The molecule has 3 nitrogen and oxygen atoms in total. The number of rotatable bonds is 3. The van der Waals surface area contributed by atoms with Gasteiger partial charge in [0.2, 0.25) is 5.91 Å². The Kier molecular flexibility index (Phi) is 4.24. The number of nitrogens with zero attached hydrogens (tertiary/aromatic N) is 1. The highest BCUT2D eigenvalue weighted by Crippen LogP contribution is 2.35. The van der Waals surface area contributed by atoms with Gasteiger partial charge < -0.3 is 4.90 Å². The normalized spacial score (nSPS) is 40.2. The average Bonchev–Trinajstić information content (AvgIpc) is 2.63. The number of carbonyl (C=O) groups excluding carboxylic acids is 1. The summed E-state index contributed by atoms with van der Waals surface area (Å²) < 4.78 is 0. The molecule has 2 rings (SSSR count). The summed E-state index contributed by atoms with van der Waals surface area (Å²) in [5.74, 6) is 1.55. The summed E-state index contributed by atoms with van der Waals surface area (Å²) >= 11 is 0. The smallest absolute Gasteiger partial charge is 0.244 e. The number of carbonyl (C=O) groups is 1. The molecule has 0 spiro atoms. The van der Waals surface area contributed by atoms with E-state index >= 15 is 0 Å². The van der Waals surface area contributed by atoms with E-state index in [4.69, 9.17) is 0 Å². The first kappa shape index (κ1) is 14.8. The molecule has 2 aliphatic rings. The van der Waals surface area contributed by atoms with Crippen molar-refractivity contribution in [1.29, 1.82) is 0 Å². The van der Waals surface area contributed by atoms with Gasteiger partial charge in [0.05, 0.1) is 11.7 Å². The van der Waals surface area contributed by atoms with Crippen LogP contribution >= 0.6 is 0 Å². The van der Waals surface area contributed by atoms with Gasteiger partial charge in [0.1, 0.15) is 0 Å². The van der Waals surface area contributed by atoms with E-state index in [1.165, 1.54) is 25.7 Å². The zero-order chi connectivity index (χ0) is 14.2. The van der Waals surface area contributed by atoms with Crippen LogP contribution in [-0.2, 0) is 4.79 Å². The van der Waals surface area contributed by atoms with Crippen molar-refractivity contribution in [3.8, 4) is 0 Å². The van der Waals surface area contributed by atoms with Gasteiger partial charge in [-0.15, -0.1) is 0 Å². The van der Waals surface area contributed by atoms with Crippen LogP contribution in [0.3, 0.4) is 0 Å². The van der Waals surface area contributed by atoms with Crippen molar-refractivity contribution in [2.75, 3.05) is 0 Å². The largest absolute Gasteiger partial charge is 0.322 e. The lowest BCUT2D eigenvalue weighted by molar-refractivity contribution is -0.136. The quantitative estimate of drug-likeness (QED) is 0.851. The van der Waals surface area contributed by atoms with E-state index in [0.29, 0.717) is 17.9 Å². The van der Waals surface area contributed by atoms with E-state index in [-0.39, 0.29) is 11.7 Å². The van der Waals surface area contributed by atoms with Crippen molar-refractivity contribution < 1.29 is 4.79 Å². The van der Waals surface area contributed by atoms with Crippen molar-refractivity contribution in [1.82, 2.24) is 10.2 Å². The summed E-state index contributed by atoms with van der Waals surface area (Å²) in [6.07, 6.45) is 6.03. The van der Waals surface area contributed by atoms with Gasteiger partial charge in [-0.05, 0) is 38.0 Å². The second kappa shape index (κ2) is 5.43. The van der Waals surface area contributed by atoms with Crippen LogP contribution in [0, 0.1) is 11.8 Å². The summed E-state index contributed by atoms with van der Waals surface area (Å²) in [6, 6.07) is 0.449. The molecule has 1 aliphatic carbocycles. The predicted molar refractivity (Wildman–Crippen MR) is 78.7 cm³/mol. The number of hydrogen-bond acceptors (Lipinski definition) is 2. The molecule has 4 atom stereocenters. The van der Waals surface area contributed by atoms with Crippen molar-refractivity contribution >= 4 is 5.91 Å². The van der Waals surface area contributed by atoms with Crippen LogP contribution in [-0.4, -0.2) is 28.6 Å². The second-order valence-electron chi connectivity index (χ2n) is 7.16. The Labute approximate surface area is 118 Å². The first-order valence-electron chi connectivity index (χ1n) is 7.99. The van der Waals surface area contributed by atoms with Gasteiger partial charge in [-0.2, -0.15) is 0 Å². The number of hydrogen-bond donors (Lipinski definition) is 1. The zero-order valence-electron chi connectivity index (χ0n) is 13.2. The fourth-order valence-electron chi connectivity index (χ4n) is 3.66. The molecule has 19 heavy (non-hydrogen) atoms. The molecule has 0 aromatic carbocycles. The molecule has 1 aliphatic heterocycles. The Morgan fingerprint density at radius 2 is 2.11 bits per heavy atom. The summed E-state index contributed by atoms with van der Waals surface area (Å²) in [4.78, 5) is 15.0. The Bertz CT molecular complexity index is 342. The van der Waals surface area contributed by atoms with Crippen LogP contribution < -0.4 is 5.32 Å². The third-order valence-electron chi connectivity index (χ3n) is 5.11. The number of amides is 1. The van der Waals surface area contributed by atoms with Crippen molar-refractivity contribution in [3.63, 3.8) is 0 Å². The molecule has 3 heteroatoms. The molecule has 2 fully saturated rings. The molecule has 0 radical (unpaired) electrons. The van der Waals surface area contributed by atoms with Gasteiger partial charge in [-0.1, -0.05) is 40.5 Å². The van der Waals surface area contributed by atoms with E-state index in [2.05, 4.69) is 44.8 Å². The van der Waals surface area contributed by atoms with E-state index in [9.17, 15) is 4.79 Å². The summed E-state index contributed by atoms with van der Waals surface area (Å²) in [5, 5.41) is 3.60. The minimum absolute atomic E-state index is 0.216. The highest BCUT2D eigenvalue weighted by atomic mass is 16.2. The molecule has 0 bridgehead atoms. The van der Waals surface area contributed by atoms with E-state index in [0.717, 1.165) is 12.3 Å². The van der Waals surface area contributed by atoms with Crippen LogP contribution in [0.2, 0.25) is 0 Å². The van der Waals surface area contributed by atoms with Gasteiger partial charge in [0.15, 0.2) is 0 Å². The molecular formula is C16H30N2O. The maximum atomic E-state index is 12.8. The Morgan fingerprint density at radius 3 is 2.63 bits per heavy atom. The standard InChI is InChI=1S/C16H30N2O/c1-6-16(5)15(19)18(14(17-16)11(2)3)13-9-7-8-12(4)10-13/h11-14,17H,6-10H2,1-5H3. The summed E-state index contributed by atoms with van der Waals surface area (Å²) in [5.41, 5.74) is -0.352. The fraction of sp³-hybridized carbons (Fsp3) is 0.938. The number of nitrogens with one attached hydrogen (secondary N) is 1. The molecule has 0 aromatic heterocycles.